The van der Waals surface area contributed by atoms with E-state index < -0.39 is 5.97 Å². The summed E-state index contributed by atoms with van der Waals surface area (Å²) in [4.78, 5) is 38.8. The minimum atomic E-state index is -0.802. The maximum atomic E-state index is 12.5. The van der Waals surface area contributed by atoms with Crippen LogP contribution >= 0.6 is 0 Å². The molecule has 1 saturated heterocycles. The van der Waals surface area contributed by atoms with Crippen molar-refractivity contribution in [2.75, 3.05) is 26.7 Å². The topological polar surface area (TPSA) is 77.9 Å². The van der Waals surface area contributed by atoms with Gasteiger partial charge in [0, 0.05) is 25.7 Å². The van der Waals surface area contributed by atoms with Crippen LogP contribution < -0.4 is 0 Å². The molecule has 0 atom stereocenters. The van der Waals surface area contributed by atoms with Crippen LogP contribution in [0.3, 0.4) is 0 Å². The second kappa shape index (κ2) is 7.47. The van der Waals surface area contributed by atoms with Crippen molar-refractivity contribution in [2.45, 2.75) is 26.7 Å². The molecule has 1 aromatic carbocycles. The van der Waals surface area contributed by atoms with E-state index in [1.165, 1.54) is 4.90 Å². The van der Waals surface area contributed by atoms with Gasteiger partial charge in [0.2, 0.25) is 5.91 Å². The molecule has 0 unspecified atom stereocenters. The van der Waals surface area contributed by atoms with Crippen LogP contribution in [0.25, 0.3) is 0 Å². The lowest BCUT2D eigenvalue weighted by Crippen LogP contribution is -2.45. The minimum absolute atomic E-state index is 0.00353. The summed E-state index contributed by atoms with van der Waals surface area (Å²) in [5.41, 5.74) is 2.59. The number of carboxylic acid groups (broad SMARTS) is 1. The van der Waals surface area contributed by atoms with Gasteiger partial charge in [-0.15, -0.1) is 0 Å². The van der Waals surface area contributed by atoms with Crippen molar-refractivity contribution in [3.63, 3.8) is 0 Å². The third-order valence-corrected chi connectivity index (χ3v) is 4.38. The SMILES string of the molecule is Cc1cc(C)cc(C(=O)N(C)CC(=O)N2CCC(C(=O)O)CC2)c1. The third kappa shape index (κ3) is 4.34. The van der Waals surface area contributed by atoms with E-state index in [0.29, 0.717) is 31.5 Å². The third-order valence-electron chi connectivity index (χ3n) is 4.38. The van der Waals surface area contributed by atoms with Crippen molar-refractivity contribution in [3.05, 3.63) is 34.9 Å². The Morgan fingerprint density at radius 1 is 1.12 bits per heavy atom. The van der Waals surface area contributed by atoms with Crippen molar-refractivity contribution < 1.29 is 19.5 Å². The number of carbonyl (C=O) groups is 3. The van der Waals surface area contributed by atoms with Gasteiger partial charge in [0.15, 0.2) is 0 Å². The number of carbonyl (C=O) groups excluding carboxylic acids is 2. The highest BCUT2D eigenvalue weighted by Crippen LogP contribution is 2.18. The molecule has 1 fully saturated rings. The molecular formula is C18H24N2O4. The van der Waals surface area contributed by atoms with Crippen LogP contribution in [0.1, 0.15) is 34.3 Å². The summed E-state index contributed by atoms with van der Waals surface area (Å²) in [7, 11) is 1.61. The average molecular weight is 332 g/mol. The van der Waals surface area contributed by atoms with Crippen LogP contribution in [0.15, 0.2) is 18.2 Å². The van der Waals surface area contributed by atoms with Gasteiger partial charge in [-0.2, -0.15) is 0 Å². The van der Waals surface area contributed by atoms with Gasteiger partial charge >= 0.3 is 5.97 Å². The van der Waals surface area contributed by atoms with Gasteiger partial charge in [0.05, 0.1) is 12.5 Å². The second-order valence-electron chi connectivity index (χ2n) is 6.53. The summed E-state index contributed by atoms with van der Waals surface area (Å²) in [6.45, 7) is 4.73. The van der Waals surface area contributed by atoms with Crippen LogP contribution in [-0.4, -0.2) is 59.4 Å². The van der Waals surface area contributed by atoms with Gasteiger partial charge < -0.3 is 14.9 Å². The molecule has 0 aromatic heterocycles. The Hall–Kier alpha value is -2.37. The highest BCUT2D eigenvalue weighted by Gasteiger charge is 2.28. The van der Waals surface area contributed by atoms with Crippen molar-refractivity contribution >= 4 is 17.8 Å². The quantitative estimate of drug-likeness (QED) is 0.910. The van der Waals surface area contributed by atoms with E-state index in [-0.39, 0.29) is 24.3 Å². The molecule has 130 valence electrons. The van der Waals surface area contributed by atoms with E-state index in [2.05, 4.69) is 0 Å². The molecule has 2 rings (SSSR count). The fraction of sp³-hybridized carbons (Fsp3) is 0.500. The number of nitrogens with zero attached hydrogens (tertiary/aromatic N) is 2. The number of carboxylic acids is 1. The van der Waals surface area contributed by atoms with E-state index >= 15 is 0 Å². The zero-order valence-corrected chi connectivity index (χ0v) is 14.4. The number of piperidine rings is 1. The highest BCUT2D eigenvalue weighted by molar-refractivity contribution is 5.96. The standard InChI is InChI=1S/C18H24N2O4/c1-12-8-13(2)10-15(9-12)17(22)19(3)11-16(21)20-6-4-14(5-7-20)18(23)24/h8-10,14H,4-7,11H2,1-3H3,(H,23,24). The molecule has 1 aliphatic heterocycles. The van der Waals surface area contributed by atoms with E-state index in [1.54, 1.807) is 11.9 Å². The molecule has 2 amide bonds. The van der Waals surface area contributed by atoms with Crippen LogP contribution in [0.2, 0.25) is 0 Å². The maximum absolute atomic E-state index is 12.5. The van der Waals surface area contributed by atoms with Gasteiger partial charge in [-0.3, -0.25) is 14.4 Å². The molecule has 0 radical (unpaired) electrons. The van der Waals surface area contributed by atoms with E-state index in [1.807, 2.05) is 32.0 Å². The van der Waals surface area contributed by atoms with Gasteiger partial charge in [-0.05, 0) is 38.8 Å². The Labute approximate surface area is 142 Å². The second-order valence-corrected chi connectivity index (χ2v) is 6.53. The van der Waals surface area contributed by atoms with Crippen LogP contribution in [0.4, 0.5) is 0 Å². The number of likely N-dealkylation sites (tertiary alicyclic amines) is 1. The van der Waals surface area contributed by atoms with Gasteiger partial charge in [-0.25, -0.2) is 0 Å². The van der Waals surface area contributed by atoms with E-state index in [4.69, 9.17) is 5.11 Å². The Morgan fingerprint density at radius 3 is 2.17 bits per heavy atom. The number of hydrogen-bond donors (Lipinski definition) is 1. The summed E-state index contributed by atoms with van der Waals surface area (Å²) in [6.07, 6.45) is 0.936. The van der Waals surface area contributed by atoms with Crippen molar-refractivity contribution in [1.29, 1.82) is 0 Å². The normalized spacial score (nSPS) is 15.2. The first-order valence-electron chi connectivity index (χ1n) is 8.12. The molecule has 1 heterocycles. The monoisotopic (exact) mass is 332 g/mol. The number of likely N-dealkylation sites (N-methyl/N-ethyl adjacent to an activating group) is 1. The fourth-order valence-electron chi connectivity index (χ4n) is 3.07. The van der Waals surface area contributed by atoms with E-state index in [0.717, 1.165) is 11.1 Å². The maximum Gasteiger partial charge on any atom is 0.306 e. The molecular weight excluding hydrogens is 308 g/mol. The predicted octanol–water partition coefficient (Wildman–Crippen LogP) is 1.70. The lowest BCUT2D eigenvalue weighted by atomic mass is 9.97. The lowest BCUT2D eigenvalue weighted by molar-refractivity contribution is -0.145. The molecule has 24 heavy (non-hydrogen) atoms. The van der Waals surface area contributed by atoms with Crippen LogP contribution in [0, 0.1) is 19.8 Å². The smallest absolute Gasteiger partial charge is 0.306 e. The van der Waals surface area contributed by atoms with Crippen LogP contribution in [-0.2, 0) is 9.59 Å². The Balaban J connectivity index is 1.94. The summed E-state index contributed by atoms with van der Waals surface area (Å²) in [5, 5.41) is 9.00. The van der Waals surface area contributed by atoms with Gasteiger partial charge in [0.1, 0.15) is 0 Å². The fourth-order valence-corrected chi connectivity index (χ4v) is 3.07. The summed E-state index contributed by atoms with van der Waals surface area (Å²) in [6, 6.07) is 5.62. The van der Waals surface area contributed by atoms with Crippen molar-refractivity contribution in [1.82, 2.24) is 9.80 Å². The minimum Gasteiger partial charge on any atom is -0.481 e. The molecule has 6 nitrogen and oxygen atoms in total. The Kier molecular flexibility index (Phi) is 5.59. The number of aliphatic carboxylic acids is 1. The number of benzene rings is 1. The molecule has 1 aliphatic rings. The largest absolute Gasteiger partial charge is 0.481 e. The van der Waals surface area contributed by atoms with Crippen molar-refractivity contribution in [3.8, 4) is 0 Å². The zero-order valence-electron chi connectivity index (χ0n) is 14.4. The molecule has 1 N–H and O–H groups in total. The van der Waals surface area contributed by atoms with Crippen molar-refractivity contribution in [2.24, 2.45) is 5.92 Å². The first-order valence-corrected chi connectivity index (χ1v) is 8.12. The van der Waals surface area contributed by atoms with E-state index in [9.17, 15) is 14.4 Å². The summed E-state index contributed by atoms with van der Waals surface area (Å²) >= 11 is 0. The van der Waals surface area contributed by atoms with Crippen LogP contribution in [0.5, 0.6) is 0 Å². The molecule has 0 spiro atoms. The number of aryl methyl sites for hydroxylation is 2. The number of hydrogen-bond acceptors (Lipinski definition) is 3. The molecule has 0 bridgehead atoms. The summed E-state index contributed by atoms with van der Waals surface area (Å²) < 4.78 is 0. The molecule has 6 heteroatoms. The molecule has 0 saturated carbocycles. The Bertz CT molecular complexity index is 628. The number of amides is 2. The predicted molar refractivity (Wildman–Crippen MR) is 89.8 cm³/mol. The van der Waals surface area contributed by atoms with Gasteiger partial charge in [-0.1, -0.05) is 17.2 Å². The lowest BCUT2D eigenvalue weighted by Gasteiger charge is -2.31. The number of rotatable bonds is 4. The highest BCUT2D eigenvalue weighted by atomic mass is 16.4. The van der Waals surface area contributed by atoms with Gasteiger partial charge in [0.25, 0.3) is 5.91 Å². The zero-order chi connectivity index (χ0) is 17.9. The molecule has 0 aliphatic carbocycles. The Morgan fingerprint density at radius 2 is 1.67 bits per heavy atom. The molecule has 1 aromatic rings. The average Bonchev–Trinajstić information content (AvgIpc) is 2.53. The first kappa shape index (κ1) is 18.0. The first-order chi connectivity index (χ1) is 11.3. The summed E-state index contributed by atoms with van der Waals surface area (Å²) in [5.74, 6) is -1.50.